The molecule has 5 heteroatoms. The van der Waals surface area contributed by atoms with Crippen LogP contribution in [0.25, 0.3) is 0 Å². The molecule has 0 radical (unpaired) electrons. The van der Waals surface area contributed by atoms with Crippen LogP contribution < -0.4 is 15.4 Å². The Kier molecular flexibility index (Phi) is 6.79. The van der Waals surface area contributed by atoms with Crippen molar-refractivity contribution in [2.75, 3.05) is 45.9 Å². The van der Waals surface area contributed by atoms with Gasteiger partial charge in [0, 0.05) is 55.8 Å². The van der Waals surface area contributed by atoms with Crippen molar-refractivity contribution in [3.63, 3.8) is 0 Å². The Balaban J connectivity index is 1.76. The second-order valence-corrected chi connectivity index (χ2v) is 5.87. The summed E-state index contributed by atoms with van der Waals surface area (Å²) >= 11 is 3.52. The Morgan fingerprint density at radius 1 is 1.35 bits per heavy atom. The summed E-state index contributed by atoms with van der Waals surface area (Å²) in [7, 11) is 0. The lowest BCUT2D eigenvalue weighted by Crippen LogP contribution is -2.45. The zero-order valence-corrected chi connectivity index (χ0v) is 13.7. The molecule has 1 saturated heterocycles. The highest BCUT2D eigenvalue weighted by molar-refractivity contribution is 9.10. The van der Waals surface area contributed by atoms with E-state index in [1.165, 1.54) is 5.56 Å². The normalized spacial score (nSPS) is 16.3. The number of nitrogens with one attached hydrogen (secondary N) is 2. The Morgan fingerprint density at radius 3 is 2.90 bits per heavy atom. The fraction of sp³-hybridized carbons (Fsp3) is 0.600. The minimum Gasteiger partial charge on any atom is -0.494 e. The highest BCUT2D eigenvalue weighted by Crippen LogP contribution is 2.23. The summed E-state index contributed by atoms with van der Waals surface area (Å²) < 4.78 is 6.76. The van der Waals surface area contributed by atoms with Crippen LogP contribution in [0.1, 0.15) is 12.5 Å². The number of ether oxygens (including phenoxy) is 1. The quantitative estimate of drug-likeness (QED) is 0.742. The Labute approximate surface area is 130 Å². The molecule has 1 heterocycles. The first-order valence-electron chi connectivity index (χ1n) is 7.34. The number of hydrogen-bond donors (Lipinski definition) is 2. The predicted molar refractivity (Wildman–Crippen MR) is 86.3 cm³/mol. The average Bonchev–Trinajstić information content (AvgIpc) is 2.47. The first-order chi connectivity index (χ1) is 9.79. The van der Waals surface area contributed by atoms with Crippen molar-refractivity contribution in [1.82, 2.24) is 15.5 Å². The second kappa shape index (κ2) is 8.62. The standard InChI is InChI=1S/C15H24BrN3O/c1-2-20-15-4-3-14(16)11-13(15)12-18-7-10-19-8-5-17-6-9-19/h3-4,11,17-18H,2,5-10,12H2,1H3. The summed E-state index contributed by atoms with van der Waals surface area (Å²) in [6.07, 6.45) is 0. The van der Waals surface area contributed by atoms with Gasteiger partial charge in [0.05, 0.1) is 6.61 Å². The van der Waals surface area contributed by atoms with Gasteiger partial charge in [-0.15, -0.1) is 0 Å². The highest BCUT2D eigenvalue weighted by Gasteiger charge is 2.09. The summed E-state index contributed by atoms with van der Waals surface area (Å²) in [4.78, 5) is 2.49. The molecule has 2 rings (SSSR count). The van der Waals surface area contributed by atoms with E-state index in [-0.39, 0.29) is 0 Å². The van der Waals surface area contributed by atoms with Gasteiger partial charge in [0.1, 0.15) is 5.75 Å². The van der Waals surface area contributed by atoms with Gasteiger partial charge in [-0.3, -0.25) is 4.90 Å². The smallest absolute Gasteiger partial charge is 0.123 e. The molecule has 20 heavy (non-hydrogen) atoms. The van der Waals surface area contributed by atoms with Gasteiger partial charge in [-0.2, -0.15) is 0 Å². The number of halogens is 1. The molecule has 0 aliphatic carbocycles. The van der Waals surface area contributed by atoms with Gasteiger partial charge in [-0.25, -0.2) is 0 Å². The maximum absolute atomic E-state index is 5.66. The van der Waals surface area contributed by atoms with E-state index in [2.05, 4.69) is 37.5 Å². The molecule has 0 bridgehead atoms. The van der Waals surface area contributed by atoms with Crippen LogP contribution in [0.15, 0.2) is 22.7 Å². The monoisotopic (exact) mass is 341 g/mol. The fourth-order valence-corrected chi connectivity index (χ4v) is 2.79. The van der Waals surface area contributed by atoms with Crippen molar-refractivity contribution in [3.8, 4) is 5.75 Å². The Hall–Kier alpha value is -0.620. The molecule has 112 valence electrons. The number of piperazine rings is 1. The topological polar surface area (TPSA) is 36.5 Å². The number of benzene rings is 1. The van der Waals surface area contributed by atoms with Crippen molar-refractivity contribution in [1.29, 1.82) is 0 Å². The maximum Gasteiger partial charge on any atom is 0.123 e. The molecule has 4 nitrogen and oxygen atoms in total. The average molecular weight is 342 g/mol. The Bertz CT molecular complexity index is 408. The van der Waals surface area contributed by atoms with Crippen LogP contribution in [0.4, 0.5) is 0 Å². The van der Waals surface area contributed by atoms with Crippen molar-refractivity contribution >= 4 is 15.9 Å². The summed E-state index contributed by atoms with van der Waals surface area (Å²) in [6, 6.07) is 6.18. The molecule has 1 fully saturated rings. The van der Waals surface area contributed by atoms with Crippen molar-refractivity contribution < 1.29 is 4.74 Å². The lowest BCUT2D eigenvalue weighted by Gasteiger charge is -2.27. The van der Waals surface area contributed by atoms with Crippen LogP contribution in [0.2, 0.25) is 0 Å². The molecule has 0 saturated carbocycles. The van der Waals surface area contributed by atoms with E-state index in [0.717, 1.165) is 56.0 Å². The molecule has 1 aromatic rings. The molecule has 0 amide bonds. The highest BCUT2D eigenvalue weighted by atomic mass is 79.9. The molecular weight excluding hydrogens is 318 g/mol. The van der Waals surface area contributed by atoms with E-state index in [0.29, 0.717) is 6.61 Å². The minimum atomic E-state index is 0.704. The van der Waals surface area contributed by atoms with Gasteiger partial charge in [-0.05, 0) is 25.1 Å². The van der Waals surface area contributed by atoms with Crippen LogP contribution in [0, 0.1) is 0 Å². The predicted octanol–water partition coefficient (Wildman–Crippen LogP) is 1.84. The third kappa shape index (κ3) is 5.05. The first kappa shape index (κ1) is 15.8. The van der Waals surface area contributed by atoms with E-state index in [1.54, 1.807) is 0 Å². The minimum absolute atomic E-state index is 0.704. The van der Waals surface area contributed by atoms with Gasteiger partial charge in [-0.1, -0.05) is 15.9 Å². The fourth-order valence-electron chi connectivity index (χ4n) is 2.38. The molecule has 1 aromatic carbocycles. The number of rotatable bonds is 7. The van der Waals surface area contributed by atoms with E-state index < -0.39 is 0 Å². The van der Waals surface area contributed by atoms with Crippen molar-refractivity contribution in [3.05, 3.63) is 28.2 Å². The van der Waals surface area contributed by atoms with E-state index >= 15 is 0 Å². The molecular formula is C15H24BrN3O. The third-order valence-electron chi connectivity index (χ3n) is 3.45. The van der Waals surface area contributed by atoms with Crippen LogP contribution in [0.3, 0.4) is 0 Å². The molecule has 0 spiro atoms. The third-order valence-corrected chi connectivity index (χ3v) is 3.95. The summed E-state index contributed by atoms with van der Waals surface area (Å²) in [5.74, 6) is 0.977. The van der Waals surface area contributed by atoms with Gasteiger partial charge < -0.3 is 15.4 Å². The van der Waals surface area contributed by atoms with E-state index in [9.17, 15) is 0 Å². The summed E-state index contributed by atoms with van der Waals surface area (Å²) in [5, 5.41) is 6.89. The van der Waals surface area contributed by atoms with Gasteiger partial charge >= 0.3 is 0 Å². The second-order valence-electron chi connectivity index (χ2n) is 4.95. The lowest BCUT2D eigenvalue weighted by molar-refractivity contribution is 0.241. The molecule has 2 N–H and O–H groups in total. The van der Waals surface area contributed by atoms with Crippen LogP contribution in [0.5, 0.6) is 5.75 Å². The maximum atomic E-state index is 5.66. The molecule has 1 aliphatic rings. The summed E-state index contributed by atoms with van der Waals surface area (Å²) in [6.45, 7) is 10.2. The van der Waals surface area contributed by atoms with Crippen molar-refractivity contribution in [2.24, 2.45) is 0 Å². The number of hydrogen-bond acceptors (Lipinski definition) is 4. The SMILES string of the molecule is CCOc1ccc(Br)cc1CNCCN1CCNCC1. The van der Waals surface area contributed by atoms with Gasteiger partial charge in [0.2, 0.25) is 0 Å². The van der Waals surface area contributed by atoms with Crippen LogP contribution in [-0.4, -0.2) is 50.8 Å². The summed E-state index contributed by atoms with van der Waals surface area (Å²) in [5.41, 5.74) is 1.21. The van der Waals surface area contributed by atoms with Crippen molar-refractivity contribution in [2.45, 2.75) is 13.5 Å². The number of nitrogens with zero attached hydrogens (tertiary/aromatic N) is 1. The van der Waals surface area contributed by atoms with Gasteiger partial charge in [0.15, 0.2) is 0 Å². The lowest BCUT2D eigenvalue weighted by atomic mass is 10.2. The van der Waals surface area contributed by atoms with Gasteiger partial charge in [0.25, 0.3) is 0 Å². The molecule has 0 unspecified atom stereocenters. The van der Waals surface area contributed by atoms with E-state index in [1.807, 2.05) is 19.1 Å². The zero-order valence-electron chi connectivity index (χ0n) is 12.1. The van der Waals surface area contributed by atoms with Crippen LogP contribution in [-0.2, 0) is 6.54 Å². The Morgan fingerprint density at radius 2 is 2.15 bits per heavy atom. The molecule has 0 aromatic heterocycles. The van der Waals surface area contributed by atoms with E-state index in [4.69, 9.17) is 4.74 Å². The largest absolute Gasteiger partial charge is 0.494 e. The molecule has 0 atom stereocenters. The molecule has 1 aliphatic heterocycles. The van der Waals surface area contributed by atoms with Crippen LogP contribution >= 0.6 is 15.9 Å². The zero-order chi connectivity index (χ0) is 14.2. The first-order valence-corrected chi connectivity index (χ1v) is 8.14.